The minimum atomic E-state index is -0.466. The largest absolute Gasteiger partial charge is 0.456 e. The van der Waals surface area contributed by atoms with Crippen LogP contribution in [0.2, 0.25) is 0 Å². The van der Waals surface area contributed by atoms with Crippen LogP contribution in [-0.4, -0.2) is 22.8 Å². The lowest BCUT2D eigenvalue weighted by molar-refractivity contribution is -0.130. The van der Waals surface area contributed by atoms with Crippen LogP contribution in [0.1, 0.15) is 40.8 Å². The fourth-order valence-corrected chi connectivity index (χ4v) is 3.06. The van der Waals surface area contributed by atoms with Gasteiger partial charge in [-0.3, -0.25) is 15.0 Å². The molecule has 1 aromatic heterocycles. The van der Waals surface area contributed by atoms with Crippen molar-refractivity contribution in [1.82, 2.24) is 10.4 Å². The number of ether oxygens (including phenoxy) is 1. The van der Waals surface area contributed by atoms with E-state index in [2.05, 4.69) is 10.4 Å². The van der Waals surface area contributed by atoms with Crippen molar-refractivity contribution in [2.45, 2.75) is 32.8 Å². The summed E-state index contributed by atoms with van der Waals surface area (Å²) in [6.45, 7) is 2.14. The van der Waals surface area contributed by atoms with Crippen molar-refractivity contribution in [3.8, 4) is 0 Å². The molecule has 1 saturated heterocycles. The molecule has 130 valence electrons. The quantitative estimate of drug-likeness (QED) is 0.827. The number of esters is 1. The molecule has 0 saturated carbocycles. The van der Waals surface area contributed by atoms with E-state index in [1.165, 1.54) is 5.01 Å². The Balaban J connectivity index is 1.62. The molecule has 1 aliphatic heterocycles. The first kappa shape index (κ1) is 17.1. The van der Waals surface area contributed by atoms with Gasteiger partial charge in [0.25, 0.3) is 0 Å². The third-order valence-corrected chi connectivity index (χ3v) is 4.71. The van der Waals surface area contributed by atoms with Crippen LogP contribution in [0, 0.1) is 0 Å². The summed E-state index contributed by atoms with van der Waals surface area (Å²) in [5.41, 5.74) is 4.10. The van der Waals surface area contributed by atoms with Gasteiger partial charge in [-0.15, -0.1) is 11.3 Å². The topological polar surface area (TPSA) is 88.6 Å². The maximum absolute atomic E-state index is 12.1. The molecule has 0 radical (unpaired) electrons. The van der Waals surface area contributed by atoms with Gasteiger partial charge in [0.15, 0.2) is 0 Å². The maximum atomic E-state index is 12.1. The highest BCUT2D eigenvalue weighted by molar-refractivity contribution is 7.09. The molecule has 0 spiro atoms. The molecular weight excluding hydrogens is 342 g/mol. The van der Waals surface area contributed by atoms with Gasteiger partial charge >= 0.3 is 5.97 Å². The van der Waals surface area contributed by atoms with Crippen molar-refractivity contribution >= 4 is 34.8 Å². The number of aromatic nitrogens is 1. The summed E-state index contributed by atoms with van der Waals surface area (Å²) in [4.78, 5) is 39.7. The number of carbonyl (C=O) groups is 3. The smallest absolute Gasteiger partial charge is 0.338 e. The minimum absolute atomic E-state index is 0.123. The number of hydrogen-bond donors (Lipinski definition) is 1. The lowest BCUT2D eigenvalue weighted by atomic mass is 10.2. The van der Waals surface area contributed by atoms with E-state index in [0.29, 0.717) is 11.3 Å². The number of nitrogens with one attached hydrogen (secondary N) is 1. The van der Waals surface area contributed by atoms with Gasteiger partial charge in [0, 0.05) is 18.2 Å². The molecule has 0 atom stereocenters. The summed E-state index contributed by atoms with van der Waals surface area (Å²) in [5.74, 6) is -0.866. The van der Waals surface area contributed by atoms with E-state index in [4.69, 9.17) is 4.74 Å². The number of hydrogen-bond acceptors (Lipinski definition) is 6. The zero-order chi connectivity index (χ0) is 17.8. The average Bonchev–Trinajstić information content (AvgIpc) is 3.10. The number of amides is 2. The Morgan fingerprint density at radius 2 is 2.04 bits per heavy atom. The zero-order valence-electron chi connectivity index (χ0n) is 13.7. The van der Waals surface area contributed by atoms with Crippen LogP contribution in [0.5, 0.6) is 0 Å². The number of hydrazine groups is 1. The van der Waals surface area contributed by atoms with Crippen molar-refractivity contribution in [3.63, 3.8) is 0 Å². The molecule has 1 aromatic carbocycles. The molecule has 2 aromatic rings. The number of thiazole rings is 1. The summed E-state index contributed by atoms with van der Waals surface area (Å²) in [5, 5.41) is 4.08. The molecular formula is C17H17N3O4S. The molecule has 2 amide bonds. The summed E-state index contributed by atoms with van der Waals surface area (Å²) >= 11 is 1.54. The minimum Gasteiger partial charge on any atom is -0.456 e. The normalized spacial score (nSPS) is 14.4. The predicted octanol–water partition coefficient (Wildman–Crippen LogP) is 2.22. The molecule has 0 unspecified atom stereocenters. The van der Waals surface area contributed by atoms with E-state index in [0.717, 1.165) is 17.1 Å². The van der Waals surface area contributed by atoms with Gasteiger partial charge < -0.3 is 4.74 Å². The number of benzene rings is 1. The summed E-state index contributed by atoms with van der Waals surface area (Å²) < 4.78 is 5.25. The molecule has 0 bridgehead atoms. The predicted molar refractivity (Wildman–Crippen MR) is 91.9 cm³/mol. The Bertz CT molecular complexity index is 800. The maximum Gasteiger partial charge on any atom is 0.338 e. The van der Waals surface area contributed by atoms with Crippen molar-refractivity contribution in [3.05, 3.63) is 45.9 Å². The standard InChI is InChI=1S/C17H17N3O4S/c1-2-15-18-12(10-25-15)9-24-17(23)11-3-5-13(6-4-11)20-16(22)8-7-14(21)19-20/h3-6,10H,2,7-9H2,1H3,(H,19,21). The van der Waals surface area contributed by atoms with Gasteiger partial charge in [-0.2, -0.15) is 0 Å². The fourth-order valence-electron chi connectivity index (χ4n) is 2.33. The number of nitrogens with zero attached hydrogens (tertiary/aromatic N) is 2. The van der Waals surface area contributed by atoms with E-state index in [1.807, 2.05) is 12.3 Å². The molecule has 0 aliphatic carbocycles. The van der Waals surface area contributed by atoms with E-state index in [-0.39, 0.29) is 31.3 Å². The second-order valence-corrected chi connectivity index (χ2v) is 6.42. The van der Waals surface area contributed by atoms with Crippen LogP contribution in [0.4, 0.5) is 5.69 Å². The van der Waals surface area contributed by atoms with Crippen LogP contribution >= 0.6 is 11.3 Å². The van der Waals surface area contributed by atoms with Crippen molar-refractivity contribution < 1.29 is 19.1 Å². The molecule has 1 N–H and O–H groups in total. The Morgan fingerprint density at radius 1 is 1.28 bits per heavy atom. The van der Waals surface area contributed by atoms with Gasteiger partial charge in [0.05, 0.1) is 22.0 Å². The molecule has 3 rings (SSSR count). The third kappa shape index (κ3) is 4.03. The van der Waals surface area contributed by atoms with Crippen LogP contribution in [0.25, 0.3) is 0 Å². The zero-order valence-corrected chi connectivity index (χ0v) is 14.5. The van der Waals surface area contributed by atoms with E-state index in [9.17, 15) is 14.4 Å². The number of aryl methyl sites for hydroxylation is 1. The lowest BCUT2D eigenvalue weighted by Crippen LogP contribution is -2.50. The second-order valence-electron chi connectivity index (χ2n) is 5.47. The second kappa shape index (κ2) is 7.43. The Kier molecular flexibility index (Phi) is 5.08. The number of rotatable bonds is 5. The van der Waals surface area contributed by atoms with E-state index < -0.39 is 5.97 Å². The first-order valence-corrected chi connectivity index (χ1v) is 8.77. The van der Waals surface area contributed by atoms with Gasteiger partial charge in [-0.1, -0.05) is 6.92 Å². The Hall–Kier alpha value is -2.74. The van der Waals surface area contributed by atoms with Crippen LogP contribution in [0.15, 0.2) is 29.6 Å². The monoisotopic (exact) mass is 359 g/mol. The Morgan fingerprint density at radius 3 is 2.72 bits per heavy atom. The average molecular weight is 359 g/mol. The molecule has 25 heavy (non-hydrogen) atoms. The molecule has 1 fully saturated rings. The van der Waals surface area contributed by atoms with Crippen molar-refractivity contribution in [2.24, 2.45) is 0 Å². The van der Waals surface area contributed by atoms with Crippen LogP contribution < -0.4 is 10.4 Å². The van der Waals surface area contributed by atoms with Gasteiger partial charge in [0.2, 0.25) is 11.8 Å². The van der Waals surface area contributed by atoms with Crippen LogP contribution in [-0.2, 0) is 27.4 Å². The Labute approximate surface area is 148 Å². The molecule has 2 heterocycles. The van der Waals surface area contributed by atoms with Crippen LogP contribution in [0.3, 0.4) is 0 Å². The molecule has 8 heteroatoms. The van der Waals surface area contributed by atoms with Crippen molar-refractivity contribution in [1.29, 1.82) is 0 Å². The number of carbonyl (C=O) groups excluding carboxylic acids is 3. The molecule has 7 nitrogen and oxygen atoms in total. The van der Waals surface area contributed by atoms with Crippen molar-refractivity contribution in [2.75, 3.05) is 5.01 Å². The summed E-state index contributed by atoms with van der Waals surface area (Å²) in [6.07, 6.45) is 1.21. The highest BCUT2D eigenvalue weighted by Gasteiger charge is 2.24. The SMILES string of the molecule is CCc1nc(COC(=O)c2ccc(N3NC(=O)CCC3=O)cc2)cs1. The van der Waals surface area contributed by atoms with E-state index >= 15 is 0 Å². The first-order valence-electron chi connectivity index (χ1n) is 7.89. The number of anilines is 1. The van der Waals surface area contributed by atoms with E-state index in [1.54, 1.807) is 35.6 Å². The lowest BCUT2D eigenvalue weighted by Gasteiger charge is -2.27. The molecule has 1 aliphatic rings. The fraction of sp³-hybridized carbons (Fsp3) is 0.294. The van der Waals surface area contributed by atoms with Gasteiger partial charge in [0.1, 0.15) is 6.61 Å². The first-order chi connectivity index (χ1) is 12.1. The summed E-state index contributed by atoms with van der Waals surface area (Å²) in [7, 11) is 0. The summed E-state index contributed by atoms with van der Waals surface area (Å²) in [6, 6.07) is 6.31. The highest BCUT2D eigenvalue weighted by Crippen LogP contribution is 2.18. The third-order valence-electron chi connectivity index (χ3n) is 3.67. The highest BCUT2D eigenvalue weighted by atomic mass is 32.1. The van der Waals surface area contributed by atoms with Gasteiger partial charge in [-0.05, 0) is 30.7 Å². The van der Waals surface area contributed by atoms with Gasteiger partial charge in [-0.25, -0.2) is 14.8 Å².